The predicted molar refractivity (Wildman–Crippen MR) is 53.3 cm³/mol. The molecule has 0 aromatic heterocycles. The maximum atomic E-state index is 12.0. The first-order valence-electron chi connectivity index (χ1n) is 4.68. The lowest BCUT2D eigenvalue weighted by molar-refractivity contribution is 0.442. The van der Waals surface area contributed by atoms with Crippen LogP contribution >= 0.6 is 0 Å². The van der Waals surface area contributed by atoms with E-state index in [4.69, 9.17) is 5.73 Å². The molecule has 0 bridgehead atoms. The molecule has 0 aliphatic carbocycles. The fourth-order valence-corrected chi connectivity index (χ4v) is 1.28. The van der Waals surface area contributed by atoms with Crippen molar-refractivity contribution >= 4 is 0 Å². The summed E-state index contributed by atoms with van der Waals surface area (Å²) in [6.45, 7) is 1.76. The SMILES string of the molecule is CCc1ccc([C@H](N)CCF)cc1. The molecule has 1 nitrogen and oxygen atoms in total. The fraction of sp³-hybridized carbons (Fsp3) is 0.455. The summed E-state index contributed by atoms with van der Waals surface area (Å²) in [7, 11) is 0. The Labute approximate surface area is 78.8 Å². The molecule has 13 heavy (non-hydrogen) atoms. The summed E-state index contributed by atoms with van der Waals surface area (Å²) in [6, 6.07) is 7.91. The highest BCUT2D eigenvalue weighted by Crippen LogP contribution is 2.14. The molecule has 0 fully saturated rings. The van der Waals surface area contributed by atoms with Gasteiger partial charge in [0.2, 0.25) is 0 Å². The quantitative estimate of drug-likeness (QED) is 0.759. The summed E-state index contributed by atoms with van der Waals surface area (Å²) in [5.41, 5.74) is 8.07. The van der Waals surface area contributed by atoms with Gasteiger partial charge in [-0.25, -0.2) is 0 Å². The molecule has 0 saturated carbocycles. The predicted octanol–water partition coefficient (Wildman–Crippen LogP) is 2.61. The lowest BCUT2D eigenvalue weighted by Gasteiger charge is -2.09. The van der Waals surface area contributed by atoms with Crippen molar-refractivity contribution in [1.82, 2.24) is 0 Å². The van der Waals surface area contributed by atoms with Crippen LogP contribution in [0.4, 0.5) is 4.39 Å². The number of aryl methyl sites for hydroxylation is 1. The van der Waals surface area contributed by atoms with Crippen LogP contribution < -0.4 is 5.73 Å². The molecule has 1 aromatic rings. The van der Waals surface area contributed by atoms with Crippen LogP contribution in [0.15, 0.2) is 24.3 Å². The molecular formula is C11H16FN. The van der Waals surface area contributed by atoms with E-state index in [1.54, 1.807) is 0 Å². The molecule has 2 heteroatoms. The molecular weight excluding hydrogens is 165 g/mol. The fourth-order valence-electron chi connectivity index (χ4n) is 1.28. The molecule has 2 N–H and O–H groups in total. The molecule has 0 radical (unpaired) electrons. The molecule has 1 aromatic carbocycles. The zero-order chi connectivity index (χ0) is 9.68. The van der Waals surface area contributed by atoms with Crippen LogP contribution in [0.25, 0.3) is 0 Å². The van der Waals surface area contributed by atoms with Gasteiger partial charge in [0.05, 0.1) is 6.67 Å². The van der Waals surface area contributed by atoms with E-state index in [9.17, 15) is 4.39 Å². The average Bonchev–Trinajstić information content (AvgIpc) is 2.18. The van der Waals surface area contributed by atoms with E-state index < -0.39 is 0 Å². The number of alkyl halides is 1. The van der Waals surface area contributed by atoms with Crippen LogP contribution in [0.2, 0.25) is 0 Å². The lowest BCUT2D eigenvalue weighted by Crippen LogP contribution is -2.10. The topological polar surface area (TPSA) is 26.0 Å². The van der Waals surface area contributed by atoms with Crippen molar-refractivity contribution in [2.24, 2.45) is 5.73 Å². The Morgan fingerprint density at radius 2 is 1.92 bits per heavy atom. The van der Waals surface area contributed by atoms with E-state index in [-0.39, 0.29) is 12.7 Å². The van der Waals surface area contributed by atoms with Crippen molar-refractivity contribution in [2.75, 3.05) is 6.67 Å². The van der Waals surface area contributed by atoms with Gasteiger partial charge in [-0.05, 0) is 24.0 Å². The van der Waals surface area contributed by atoms with Crippen molar-refractivity contribution in [3.05, 3.63) is 35.4 Å². The number of hydrogen-bond acceptors (Lipinski definition) is 1. The van der Waals surface area contributed by atoms with Gasteiger partial charge in [-0.3, -0.25) is 4.39 Å². The highest BCUT2D eigenvalue weighted by atomic mass is 19.1. The van der Waals surface area contributed by atoms with Crippen molar-refractivity contribution in [1.29, 1.82) is 0 Å². The van der Waals surface area contributed by atoms with E-state index in [1.807, 2.05) is 24.3 Å². The minimum absolute atomic E-state index is 0.157. The van der Waals surface area contributed by atoms with Gasteiger partial charge < -0.3 is 5.73 Å². The van der Waals surface area contributed by atoms with E-state index in [0.717, 1.165) is 12.0 Å². The Morgan fingerprint density at radius 1 is 1.31 bits per heavy atom. The Hall–Kier alpha value is -0.890. The smallest absolute Gasteiger partial charge is 0.0912 e. The third-order valence-corrected chi connectivity index (χ3v) is 2.24. The Bertz CT molecular complexity index is 243. The Kier molecular flexibility index (Phi) is 3.90. The largest absolute Gasteiger partial charge is 0.324 e. The Balaban J connectivity index is 2.67. The number of benzene rings is 1. The third kappa shape index (κ3) is 2.81. The first-order valence-corrected chi connectivity index (χ1v) is 4.68. The van der Waals surface area contributed by atoms with Crippen molar-refractivity contribution in [2.45, 2.75) is 25.8 Å². The van der Waals surface area contributed by atoms with E-state index in [0.29, 0.717) is 6.42 Å². The van der Waals surface area contributed by atoms with Crippen LogP contribution in [0.3, 0.4) is 0 Å². The first-order chi connectivity index (χ1) is 6.27. The van der Waals surface area contributed by atoms with Gasteiger partial charge in [0.25, 0.3) is 0 Å². The summed E-state index contributed by atoms with van der Waals surface area (Å²) >= 11 is 0. The van der Waals surface area contributed by atoms with Gasteiger partial charge >= 0.3 is 0 Å². The lowest BCUT2D eigenvalue weighted by atomic mass is 10.0. The maximum Gasteiger partial charge on any atom is 0.0912 e. The summed E-state index contributed by atoms with van der Waals surface area (Å²) in [6.07, 6.45) is 1.43. The van der Waals surface area contributed by atoms with E-state index in [1.165, 1.54) is 5.56 Å². The van der Waals surface area contributed by atoms with Crippen molar-refractivity contribution < 1.29 is 4.39 Å². The molecule has 72 valence electrons. The molecule has 0 heterocycles. The number of hydrogen-bond donors (Lipinski definition) is 1. The molecule has 0 aliphatic heterocycles. The molecule has 0 saturated heterocycles. The second-order valence-corrected chi connectivity index (χ2v) is 3.18. The van der Waals surface area contributed by atoms with E-state index in [2.05, 4.69) is 6.92 Å². The number of rotatable bonds is 4. The number of nitrogens with two attached hydrogens (primary N) is 1. The van der Waals surface area contributed by atoms with Crippen LogP contribution in [0.5, 0.6) is 0 Å². The second-order valence-electron chi connectivity index (χ2n) is 3.18. The summed E-state index contributed by atoms with van der Waals surface area (Å²) in [5, 5.41) is 0. The van der Waals surface area contributed by atoms with Gasteiger partial charge in [0.1, 0.15) is 0 Å². The Morgan fingerprint density at radius 3 is 2.38 bits per heavy atom. The summed E-state index contributed by atoms with van der Waals surface area (Å²) in [4.78, 5) is 0. The minimum Gasteiger partial charge on any atom is -0.324 e. The zero-order valence-electron chi connectivity index (χ0n) is 7.96. The molecule has 0 amide bonds. The van der Waals surface area contributed by atoms with Crippen molar-refractivity contribution in [3.63, 3.8) is 0 Å². The molecule has 0 aliphatic rings. The van der Waals surface area contributed by atoms with Gasteiger partial charge in [-0.2, -0.15) is 0 Å². The maximum absolute atomic E-state index is 12.0. The van der Waals surface area contributed by atoms with Gasteiger partial charge in [-0.15, -0.1) is 0 Å². The average molecular weight is 181 g/mol. The standard InChI is InChI=1S/C11H16FN/c1-2-9-3-5-10(6-4-9)11(13)7-8-12/h3-6,11H,2,7-8,13H2,1H3/t11-/m1/s1. The second kappa shape index (κ2) is 4.97. The van der Waals surface area contributed by atoms with Crippen molar-refractivity contribution in [3.8, 4) is 0 Å². The third-order valence-electron chi connectivity index (χ3n) is 2.24. The molecule has 0 spiro atoms. The highest BCUT2D eigenvalue weighted by Gasteiger charge is 2.04. The normalized spacial score (nSPS) is 12.8. The van der Waals surface area contributed by atoms with Gasteiger partial charge in [0.15, 0.2) is 0 Å². The van der Waals surface area contributed by atoms with Crippen LogP contribution in [0.1, 0.15) is 30.5 Å². The highest BCUT2D eigenvalue weighted by molar-refractivity contribution is 5.24. The molecule has 1 rings (SSSR count). The monoisotopic (exact) mass is 181 g/mol. The summed E-state index contributed by atoms with van der Waals surface area (Å²) in [5.74, 6) is 0. The van der Waals surface area contributed by atoms with E-state index >= 15 is 0 Å². The molecule has 0 unspecified atom stereocenters. The molecule has 1 atom stereocenters. The first kappa shape index (κ1) is 10.2. The van der Waals surface area contributed by atoms with Crippen LogP contribution in [-0.4, -0.2) is 6.67 Å². The van der Waals surface area contributed by atoms with Gasteiger partial charge in [-0.1, -0.05) is 31.2 Å². The van der Waals surface area contributed by atoms with Crippen LogP contribution in [-0.2, 0) is 6.42 Å². The number of halogens is 1. The zero-order valence-corrected chi connectivity index (χ0v) is 7.96. The van der Waals surface area contributed by atoms with Gasteiger partial charge in [0, 0.05) is 6.04 Å². The minimum atomic E-state index is -0.351. The summed E-state index contributed by atoms with van der Waals surface area (Å²) < 4.78 is 12.0. The van der Waals surface area contributed by atoms with Crippen LogP contribution in [0, 0.1) is 0 Å².